The van der Waals surface area contributed by atoms with Crippen molar-refractivity contribution in [1.82, 2.24) is 9.80 Å². The Kier molecular flexibility index (Phi) is 9.02. The van der Waals surface area contributed by atoms with Gasteiger partial charge in [-0.1, -0.05) is 11.6 Å². The molecule has 0 aromatic heterocycles. The number of likely N-dealkylation sites (tertiary alicyclic amines) is 1. The molecule has 2 heterocycles. The van der Waals surface area contributed by atoms with Gasteiger partial charge in [-0.15, -0.1) is 13.2 Å². The number of benzene rings is 3. The number of non-ortho nitro benzene ring substituents is 1. The number of carbonyl (C=O) groups excluding carboxylic acids is 2. The van der Waals surface area contributed by atoms with Gasteiger partial charge in [-0.25, -0.2) is 12.7 Å². The van der Waals surface area contributed by atoms with Crippen LogP contribution in [0.25, 0.3) is 0 Å². The zero-order valence-electron chi connectivity index (χ0n) is 26.7. The van der Waals surface area contributed by atoms with Crippen LogP contribution in [0.15, 0.2) is 59.5 Å². The minimum absolute atomic E-state index is 0.0126. The topological polar surface area (TPSA) is 169 Å². The molecule has 49 heavy (non-hydrogen) atoms. The van der Waals surface area contributed by atoms with Crippen LogP contribution in [0.1, 0.15) is 23.1 Å². The van der Waals surface area contributed by atoms with Crippen LogP contribution < -0.4 is 18.5 Å². The number of nitro groups is 1. The van der Waals surface area contributed by atoms with Crippen LogP contribution in [-0.4, -0.2) is 93.4 Å². The molecule has 3 aromatic carbocycles. The first-order valence-electron chi connectivity index (χ1n) is 14.5. The van der Waals surface area contributed by atoms with Crippen LogP contribution in [-0.2, 0) is 25.2 Å². The predicted octanol–water partition coefficient (Wildman–Crippen LogP) is 3.32. The van der Waals surface area contributed by atoms with Crippen molar-refractivity contribution < 1.29 is 55.4 Å². The molecule has 2 aliphatic heterocycles. The average molecular weight is 709 g/mol. The van der Waals surface area contributed by atoms with E-state index in [0.717, 1.165) is 37.4 Å². The van der Waals surface area contributed by atoms with Gasteiger partial charge in [0.15, 0.2) is 11.3 Å². The van der Waals surface area contributed by atoms with E-state index in [1.54, 1.807) is 13.0 Å². The number of alkyl halides is 3. The van der Waals surface area contributed by atoms with Crippen molar-refractivity contribution >= 4 is 33.2 Å². The maximum absolute atomic E-state index is 15.3. The van der Waals surface area contributed by atoms with Crippen molar-refractivity contribution in [1.29, 1.82) is 0 Å². The first-order valence-corrected chi connectivity index (χ1v) is 16.0. The first-order chi connectivity index (χ1) is 22.9. The number of aliphatic hydroxyl groups is 1. The molecule has 1 saturated heterocycles. The molecule has 3 atom stereocenters. The van der Waals surface area contributed by atoms with Crippen molar-refractivity contribution in [2.75, 3.05) is 39.2 Å². The third-order valence-corrected chi connectivity index (χ3v) is 10.1. The van der Waals surface area contributed by atoms with E-state index in [-0.39, 0.29) is 33.4 Å². The lowest BCUT2D eigenvalue weighted by Crippen LogP contribution is -2.59. The highest BCUT2D eigenvalue weighted by Crippen LogP contribution is 2.55. The molecule has 5 rings (SSSR count). The lowest BCUT2D eigenvalue weighted by Gasteiger charge is -2.42. The SMILES string of the molecule is COc1ccc(S(=O)(=O)N2C(=O)C(c3cc(C)ccc3OC)(N3C[C@H](O)C[C@H]3C(=O)N(C)C)c3cc([N+](=O)[O-])ccc32)c(OC(F)(F)F)c1. The Morgan fingerprint density at radius 2 is 1.73 bits per heavy atom. The fraction of sp³-hybridized carbons (Fsp3) is 0.355. The zero-order chi connectivity index (χ0) is 36.2. The third kappa shape index (κ3) is 5.89. The van der Waals surface area contributed by atoms with Gasteiger partial charge < -0.3 is 24.2 Å². The predicted molar refractivity (Wildman–Crippen MR) is 166 cm³/mol. The van der Waals surface area contributed by atoms with Crippen molar-refractivity contribution in [2.24, 2.45) is 0 Å². The molecule has 0 bridgehead atoms. The molecule has 1 unspecified atom stereocenters. The summed E-state index contributed by atoms with van der Waals surface area (Å²) < 4.78 is 84.8. The lowest BCUT2D eigenvalue weighted by atomic mass is 9.80. The van der Waals surface area contributed by atoms with Gasteiger partial charge in [0.2, 0.25) is 5.91 Å². The van der Waals surface area contributed by atoms with E-state index >= 15 is 4.79 Å². The number of hydrogen-bond acceptors (Lipinski definition) is 11. The highest BCUT2D eigenvalue weighted by molar-refractivity contribution is 7.93. The van der Waals surface area contributed by atoms with E-state index < -0.39 is 79.4 Å². The number of methoxy groups -OCH3 is 2. The number of halogens is 3. The fourth-order valence-corrected chi connectivity index (χ4v) is 7.92. The zero-order valence-corrected chi connectivity index (χ0v) is 27.5. The normalized spacial score (nSPS) is 21.0. The van der Waals surface area contributed by atoms with Gasteiger partial charge in [-0.05, 0) is 43.7 Å². The number of amides is 2. The van der Waals surface area contributed by atoms with Crippen molar-refractivity contribution in [3.63, 3.8) is 0 Å². The molecule has 1 N–H and O–H groups in total. The maximum Gasteiger partial charge on any atom is 0.573 e. The first kappa shape index (κ1) is 35.4. The quantitative estimate of drug-likeness (QED) is 0.256. The fourth-order valence-electron chi connectivity index (χ4n) is 6.36. The molecule has 0 aliphatic carbocycles. The second-order valence-corrected chi connectivity index (χ2v) is 13.4. The number of fused-ring (bicyclic) bond motifs is 1. The maximum atomic E-state index is 15.3. The standard InChI is InChI=1S/C31H31F3N4O10S/c1-17-6-10-25(47-5)22(12-17)30(36-16-19(39)14-24(36)28(40)35(2)3)21-13-18(38(42)43)7-9-23(21)37(29(30)41)49(44,45)27-11-8-20(46-4)15-26(27)48-31(32,33)34/h6-13,15,19,24,39H,14,16H2,1-5H3/t19-,24+,30?/m1/s1. The van der Waals surface area contributed by atoms with E-state index in [1.165, 1.54) is 43.1 Å². The molecule has 0 saturated carbocycles. The van der Waals surface area contributed by atoms with Crippen molar-refractivity contribution in [3.05, 3.63) is 81.4 Å². The Morgan fingerprint density at radius 1 is 1.04 bits per heavy atom. The Bertz CT molecular complexity index is 1960. The number of ether oxygens (including phenoxy) is 3. The number of β-amino-alcohol motifs (C(OH)–C–C–N with tert-alkyl or cyclic N) is 1. The number of hydrogen-bond donors (Lipinski definition) is 1. The number of rotatable bonds is 9. The second-order valence-electron chi connectivity index (χ2n) is 11.6. The Balaban J connectivity index is 1.91. The molecule has 14 nitrogen and oxygen atoms in total. The molecule has 0 radical (unpaired) electrons. The van der Waals surface area contributed by atoms with Gasteiger partial charge in [-0.3, -0.25) is 24.6 Å². The number of likely N-dealkylation sites (N-methyl/N-ethyl adjacent to an activating group) is 1. The molecule has 2 aliphatic rings. The Labute approximate surface area is 278 Å². The summed E-state index contributed by atoms with van der Waals surface area (Å²) in [6.07, 6.45) is -6.80. The molecule has 262 valence electrons. The minimum atomic E-state index is -5.37. The highest BCUT2D eigenvalue weighted by Gasteiger charge is 2.64. The smallest absolute Gasteiger partial charge is 0.497 e. The second kappa shape index (κ2) is 12.5. The molecular formula is C31H31F3N4O10S. The van der Waals surface area contributed by atoms with Gasteiger partial charge in [0.05, 0.1) is 37.0 Å². The van der Waals surface area contributed by atoms with E-state index in [1.807, 2.05) is 0 Å². The molecule has 0 spiro atoms. The van der Waals surface area contributed by atoms with Gasteiger partial charge in [-0.2, -0.15) is 0 Å². The van der Waals surface area contributed by atoms with Crippen LogP contribution in [0.5, 0.6) is 17.2 Å². The number of anilines is 1. The summed E-state index contributed by atoms with van der Waals surface area (Å²) in [6, 6.07) is 8.66. The molecule has 18 heteroatoms. The lowest BCUT2D eigenvalue weighted by molar-refractivity contribution is -0.384. The summed E-state index contributed by atoms with van der Waals surface area (Å²) >= 11 is 0. The number of carbonyl (C=O) groups is 2. The summed E-state index contributed by atoms with van der Waals surface area (Å²) in [7, 11) is -0.0933. The third-order valence-electron chi connectivity index (χ3n) is 8.37. The summed E-state index contributed by atoms with van der Waals surface area (Å²) in [4.78, 5) is 41.6. The van der Waals surface area contributed by atoms with Gasteiger partial charge >= 0.3 is 6.36 Å². The monoisotopic (exact) mass is 708 g/mol. The molecule has 2 amide bonds. The number of nitrogens with zero attached hydrogens (tertiary/aromatic N) is 4. The van der Waals surface area contributed by atoms with Crippen molar-refractivity contribution in [3.8, 4) is 17.2 Å². The number of aliphatic hydroxyl groups excluding tert-OH is 1. The van der Waals surface area contributed by atoms with Gasteiger partial charge in [0.1, 0.15) is 16.4 Å². The summed E-state index contributed by atoms with van der Waals surface area (Å²) in [5, 5.41) is 23.0. The van der Waals surface area contributed by atoms with E-state index in [9.17, 15) is 41.6 Å². The van der Waals surface area contributed by atoms with Crippen LogP contribution in [0.3, 0.4) is 0 Å². The average Bonchev–Trinajstić information content (AvgIpc) is 3.53. The summed E-state index contributed by atoms with van der Waals surface area (Å²) in [5.41, 5.74) is -3.24. The highest BCUT2D eigenvalue weighted by atomic mass is 32.2. The number of aryl methyl sites for hydroxylation is 1. The Morgan fingerprint density at radius 3 is 2.33 bits per heavy atom. The van der Waals surface area contributed by atoms with Crippen LogP contribution in [0, 0.1) is 17.0 Å². The van der Waals surface area contributed by atoms with Gasteiger partial charge in [0.25, 0.3) is 21.6 Å². The van der Waals surface area contributed by atoms with Gasteiger partial charge in [0, 0.05) is 50.0 Å². The number of nitro benzene ring substituents is 1. The van der Waals surface area contributed by atoms with E-state index in [2.05, 4.69) is 4.74 Å². The Hall–Kier alpha value is -4.94. The van der Waals surface area contributed by atoms with Crippen LogP contribution in [0.4, 0.5) is 24.5 Å². The summed E-state index contributed by atoms with van der Waals surface area (Å²) in [6.45, 7) is 1.26. The minimum Gasteiger partial charge on any atom is -0.497 e. The van der Waals surface area contributed by atoms with Crippen molar-refractivity contribution in [2.45, 2.75) is 42.3 Å². The summed E-state index contributed by atoms with van der Waals surface area (Å²) in [5.74, 6) is -3.31. The molecule has 3 aromatic rings. The van der Waals surface area contributed by atoms with E-state index in [4.69, 9.17) is 9.47 Å². The number of sulfonamides is 1. The van der Waals surface area contributed by atoms with E-state index in [0.29, 0.717) is 11.6 Å². The largest absolute Gasteiger partial charge is 0.573 e. The van der Waals surface area contributed by atoms with Crippen LogP contribution >= 0.6 is 0 Å². The molecular weight excluding hydrogens is 677 g/mol. The van der Waals surface area contributed by atoms with Crippen LogP contribution in [0.2, 0.25) is 0 Å². The molecule has 1 fully saturated rings.